The van der Waals surface area contributed by atoms with E-state index in [9.17, 15) is 9.59 Å². The fraction of sp³-hybridized carbons (Fsp3) is 0.150. The van der Waals surface area contributed by atoms with Crippen LogP contribution in [0, 0.1) is 0 Å². The number of carbonyl (C=O) groups is 1. The van der Waals surface area contributed by atoms with Crippen LogP contribution in [-0.2, 0) is 6.54 Å². The quantitative estimate of drug-likeness (QED) is 0.545. The van der Waals surface area contributed by atoms with Crippen molar-refractivity contribution in [3.8, 4) is 0 Å². The molecule has 0 saturated heterocycles. The van der Waals surface area contributed by atoms with E-state index in [0.29, 0.717) is 24.0 Å². The molecule has 2 heterocycles. The van der Waals surface area contributed by atoms with E-state index >= 15 is 0 Å². The Labute approximate surface area is 149 Å². The molecule has 2 aromatic carbocycles. The van der Waals surface area contributed by atoms with Gasteiger partial charge < -0.3 is 10.3 Å². The summed E-state index contributed by atoms with van der Waals surface area (Å²) in [6.07, 6.45) is 2.59. The lowest BCUT2D eigenvalue weighted by atomic mass is 10.2. The van der Waals surface area contributed by atoms with Gasteiger partial charge in [-0.2, -0.15) is 5.10 Å². The Bertz CT molecular complexity index is 1140. The zero-order valence-corrected chi connectivity index (χ0v) is 14.1. The lowest BCUT2D eigenvalue weighted by Crippen LogP contribution is -2.27. The van der Waals surface area contributed by atoms with Gasteiger partial charge in [-0.15, -0.1) is 0 Å². The van der Waals surface area contributed by atoms with Gasteiger partial charge in [-0.25, -0.2) is 0 Å². The van der Waals surface area contributed by atoms with Crippen molar-refractivity contribution in [3.05, 3.63) is 76.7 Å². The minimum Gasteiger partial charge on any atom is -0.351 e. The lowest BCUT2D eigenvalue weighted by molar-refractivity contribution is 0.0948. The van der Waals surface area contributed by atoms with Crippen LogP contribution in [0.25, 0.3) is 21.8 Å². The monoisotopic (exact) mass is 346 g/mol. The number of aromatic nitrogens is 3. The SMILES string of the molecule is O=C(NCCCn1ncc2ccccc21)c1cc(=O)c2ccccc2[nH]1. The lowest BCUT2D eigenvalue weighted by Gasteiger charge is -2.07. The molecule has 4 aromatic rings. The molecule has 130 valence electrons. The number of H-pyrrole nitrogens is 1. The third-order valence-electron chi connectivity index (χ3n) is 4.37. The van der Waals surface area contributed by atoms with E-state index < -0.39 is 0 Å². The molecule has 0 saturated carbocycles. The molecule has 4 rings (SSSR count). The number of carbonyl (C=O) groups excluding carboxylic acids is 1. The Morgan fingerprint density at radius 2 is 1.92 bits per heavy atom. The van der Waals surface area contributed by atoms with Crippen LogP contribution in [0.2, 0.25) is 0 Å². The number of nitrogens with zero attached hydrogens (tertiary/aromatic N) is 2. The maximum Gasteiger partial charge on any atom is 0.267 e. The molecule has 2 N–H and O–H groups in total. The second-order valence-electron chi connectivity index (χ2n) is 6.13. The Hall–Kier alpha value is -3.41. The van der Waals surface area contributed by atoms with Crippen LogP contribution in [0.15, 0.2) is 65.6 Å². The van der Waals surface area contributed by atoms with E-state index in [2.05, 4.69) is 15.4 Å². The molecule has 0 atom stereocenters. The Balaban J connectivity index is 1.39. The smallest absolute Gasteiger partial charge is 0.267 e. The van der Waals surface area contributed by atoms with Crippen LogP contribution in [-0.4, -0.2) is 27.2 Å². The molecule has 6 heteroatoms. The number of nitrogens with one attached hydrogen (secondary N) is 2. The summed E-state index contributed by atoms with van der Waals surface area (Å²) in [7, 11) is 0. The summed E-state index contributed by atoms with van der Waals surface area (Å²) in [5.74, 6) is -0.279. The zero-order chi connectivity index (χ0) is 17.9. The van der Waals surface area contributed by atoms with Crippen LogP contribution in [0.3, 0.4) is 0 Å². The Morgan fingerprint density at radius 1 is 1.12 bits per heavy atom. The minimum atomic E-state index is -0.279. The highest BCUT2D eigenvalue weighted by Gasteiger charge is 2.09. The maximum atomic E-state index is 12.3. The number of hydrogen-bond acceptors (Lipinski definition) is 3. The van der Waals surface area contributed by atoms with Crippen molar-refractivity contribution in [3.63, 3.8) is 0 Å². The predicted octanol–water partition coefficient (Wildman–Crippen LogP) is 2.70. The average molecular weight is 346 g/mol. The van der Waals surface area contributed by atoms with Crippen LogP contribution < -0.4 is 10.7 Å². The summed E-state index contributed by atoms with van der Waals surface area (Å²) in [4.78, 5) is 27.4. The summed E-state index contributed by atoms with van der Waals surface area (Å²) >= 11 is 0. The summed E-state index contributed by atoms with van der Waals surface area (Å²) in [6.45, 7) is 1.21. The van der Waals surface area contributed by atoms with E-state index in [0.717, 1.165) is 17.3 Å². The molecule has 0 radical (unpaired) electrons. The number of para-hydroxylation sites is 2. The molecule has 1 amide bonds. The van der Waals surface area contributed by atoms with Crippen LogP contribution in [0.1, 0.15) is 16.9 Å². The van der Waals surface area contributed by atoms with Crippen LogP contribution >= 0.6 is 0 Å². The van der Waals surface area contributed by atoms with Gasteiger partial charge >= 0.3 is 0 Å². The average Bonchev–Trinajstić information content (AvgIpc) is 3.08. The number of amides is 1. The number of hydrogen-bond donors (Lipinski definition) is 2. The first-order chi connectivity index (χ1) is 12.7. The van der Waals surface area contributed by atoms with Gasteiger partial charge in [0.05, 0.1) is 11.7 Å². The predicted molar refractivity (Wildman–Crippen MR) is 101 cm³/mol. The topological polar surface area (TPSA) is 79.8 Å². The van der Waals surface area contributed by atoms with Gasteiger partial charge in [0, 0.05) is 35.4 Å². The largest absolute Gasteiger partial charge is 0.351 e. The summed E-state index contributed by atoms with van der Waals surface area (Å²) < 4.78 is 1.93. The van der Waals surface area contributed by atoms with Gasteiger partial charge in [0.15, 0.2) is 5.43 Å². The Morgan fingerprint density at radius 3 is 2.85 bits per heavy atom. The van der Waals surface area contributed by atoms with Crippen molar-refractivity contribution in [1.29, 1.82) is 0 Å². The number of benzene rings is 2. The number of rotatable bonds is 5. The summed E-state index contributed by atoms with van der Waals surface area (Å²) in [5.41, 5.74) is 1.86. The number of aromatic amines is 1. The van der Waals surface area contributed by atoms with Gasteiger partial charge in [0.25, 0.3) is 5.91 Å². The Kier molecular flexibility index (Phi) is 4.23. The highest BCUT2D eigenvalue weighted by atomic mass is 16.2. The molecule has 0 fully saturated rings. The van der Waals surface area contributed by atoms with Crippen molar-refractivity contribution in [2.24, 2.45) is 0 Å². The molecule has 26 heavy (non-hydrogen) atoms. The second kappa shape index (κ2) is 6.84. The van der Waals surface area contributed by atoms with Gasteiger partial charge in [-0.05, 0) is 24.6 Å². The molecular weight excluding hydrogens is 328 g/mol. The maximum absolute atomic E-state index is 12.3. The summed E-state index contributed by atoms with van der Waals surface area (Å²) in [5, 5.41) is 8.90. The van der Waals surface area contributed by atoms with E-state index in [-0.39, 0.29) is 17.0 Å². The highest BCUT2D eigenvalue weighted by molar-refractivity contribution is 5.94. The third-order valence-corrected chi connectivity index (χ3v) is 4.37. The first-order valence-corrected chi connectivity index (χ1v) is 8.53. The van der Waals surface area contributed by atoms with E-state index in [1.807, 2.05) is 41.2 Å². The van der Waals surface area contributed by atoms with Crippen molar-refractivity contribution < 1.29 is 4.79 Å². The van der Waals surface area contributed by atoms with Crippen LogP contribution in [0.5, 0.6) is 0 Å². The van der Waals surface area contributed by atoms with E-state index in [1.165, 1.54) is 6.07 Å². The van der Waals surface area contributed by atoms with Crippen molar-refractivity contribution in [1.82, 2.24) is 20.1 Å². The first kappa shape index (κ1) is 16.1. The third kappa shape index (κ3) is 3.09. The number of aryl methyl sites for hydroxylation is 1. The molecule has 0 unspecified atom stereocenters. The van der Waals surface area contributed by atoms with Crippen molar-refractivity contribution >= 4 is 27.7 Å². The van der Waals surface area contributed by atoms with Gasteiger partial charge in [0.2, 0.25) is 0 Å². The normalized spacial score (nSPS) is 11.1. The van der Waals surface area contributed by atoms with E-state index in [4.69, 9.17) is 0 Å². The highest BCUT2D eigenvalue weighted by Crippen LogP contribution is 2.12. The summed E-state index contributed by atoms with van der Waals surface area (Å²) in [6, 6.07) is 16.5. The number of pyridine rings is 1. The number of fused-ring (bicyclic) bond motifs is 2. The fourth-order valence-corrected chi connectivity index (χ4v) is 3.05. The van der Waals surface area contributed by atoms with Crippen molar-refractivity contribution in [2.45, 2.75) is 13.0 Å². The van der Waals surface area contributed by atoms with Crippen molar-refractivity contribution in [2.75, 3.05) is 6.54 Å². The molecule has 6 nitrogen and oxygen atoms in total. The molecular formula is C20H18N4O2. The zero-order valence-electron chi connectivity index (χ0n) is 14.1. The molecule has 0 spiro atoms. The standard InChI is InChI=1S/C20H18N4O2/c25-19-12-17(23-16-8-3-2-7-15(16)19)20(26)21-10-5-11-24-18-9-4-1-6-14(18)13-22-24/h1-4,6-9,12-13H,5,10-11H2,(H,21,26)(H,23,25). The minimum absolute atomic E-state index is 0.160. The fourth-order valence-electron chi connectivity index (χ4n) is 3.05. The van der Waals surface area contributed by atoms with E-state index in [1.54, 1.807) is 18.2 Å². The molecule has 0 aliphatic heterocycles. The van der Waals surface area contributed by atoms with Crippen LogP contribution in [0.4, 0.5) is 0 Å². The molecule has 0 aliphatic carbocycles. The van der Waals surface area contributed by atoms with Gasteiger partial charge in [0.1, 0.15) is 5.69 Å². The molecule has 0 aliphatic rings. The molecule has 0 bridgehead atoms. The first-order valence-electron chi connectivity index (χ1n) is 8.53. The second-order valence-corrected chi connectivity index (χ2v) is 6.13. The molecule has 2 aromatic heterocycles. The van der Waals surface area contributed by atoms with Gasteiger partial charge in [-0.3, -0.25) is 14.3 Å². The van der Waals surface area contributed by atoms with Gasteiger partial charge in [-0.1, -0.05) is 30.3 Å².